The molecule has 19 heavy (non-hydrogen) atoms. The van der Waals surface area contributed by atoms with Crippen LogP contribution in [0.25, 0.3) is 0 Å². The Morgan fingerprint density at radius 3 is 2.95 bits per heavy atom. The first-order valence-electron chi connectivity index (χ1n) is 6.16. The average molecular weight is 266 g/mol. The van der Waals surface area contributed by atoms with Crippen LogP contribution in [0, 0.1) is 0 Å². The van der Waals surface area contributed by atoms with Crippen LogP contribution < -0.4 is 16.6 Å². The number of nitrogens with two attached hydrogens (primary N) is 1. The maximum Gasteiger partial charge on any atom is 0.271 e. The lowest BCUT2D eigenvalue weighted by molar-refractivity contribution is 0.0383. The number of carbonyl (C=O) groups is 1. The highest BCUT2D eigenvalue weighted by Gasteiger charge is 2.11. The van der Waals surface area contributed by atoms with Gasteiger partial charge in [-0.15, -0.1) is 0 Å². The van der Waals surface area contributed by atoms with Crippen molar-refractivity contribution in [3.05, 3.63) is 18.1 Å². The summed E-state index contributed by atoms with van der Waals surface area (Å²) in [5, 5.41) is 2.81. The first kappa shape index (κ1) is 13.7. The Labute approximate surface area is 111 Å². The summed E-state index contributed by atoms with van der Waals surface area (Å²) in [6.07, 6.45) is 2.86. The van der Waals surface area contributed by atoms with Crippen LogP contribution in [0.5, 0.6) is 0 Å². The standard InChI is InChI=1S/C11H18N6O2/c12-16-10-8-13-7-9(15-10)11(18)14-1-2-17-3-5-19-6-4-17/h7-8H,1-6,12H2,(H,14,18)(H,15,16). The van der Waals surface area contributed by atoms with Gasteiger partial charge in [0.15, 0.2) is 5.82 Å². The zero-order valence-electron chi connectivity index (χ0n) is 10.6. The molecule has 1 aromatic rings. The maximum atomic E-state index is 11.8. The fourth-order valence-electron chi connectivity index (χ4n) is 1.79. The SMILES string of the molecule is NNc1cncc(C(=O)NCCN2CCOCC2)n1. The van der Waals surface area contributed by atoms with Crippen LogP contribution in [0.2, 0.25) is 0 Å². The second-order valence-electron chi connectivity index (χ2n) is 4.14. The molecule has 1 aliphatic heterocycles. The highest BCUT2D eigenvalue weighted by molar-refractivity contribution is 5.92. The lowest BCUT2D eigenvalue weighted by atomic mass is 10.4. The fraction of sp³-hybridized carbons (Fsp3) is 0.545. The van der Waals surface area contributed by atoms with Crippen molar-refractivity contribution < 1.29 is 9.53 Å². The average Bonchev–Trinajstić information content (AvgIpc) is 2.48. The highest BCUT2D eigenvalue weighted by Crippen LogP contribution is 2.00. The molecule has 0 saturated carbocycles. The van der Waals surface area contributed by atoms with E-state index in [1.807, 2.05) is 0 Å². The van der Waals surface area contributed by atoms with E-state index in [-0.39, 0.29) is 11.6 Å². The second kappa shape index (κ2) is 6.98. The summed E-state index contributed by atoms with van der Waals surface area (Å²) in [6, 6.07) is 0. The van der Waals surface area contributed by atoms with Crippen LogP contribution in [0.4, 0.5) is 5.82 Å². The van der Waals surface area contributed by atoms with E-state index < -0.39 is 0 Å². The number of nitrogens with zero attached hydrogens (tertiary/aromatic N) is 3. The Balaban J connectivity index is 1.77. The first-order valence-corrected chi connectivity index (χ1v) is 6.16. The van der Waals surface area contributed by atoms with Gasteiger partial charge in [-0.25, -0.2) is 10.8 Å². The Morgan fingerprint density at radius 1 is 1.42 bits per heavy atom. The molecule has 0 bridgehead atoms. The molecular formula is C11H18N6O2. The van der Waals surface area contributed by atoms with Gasteiger partial charge in [0, 0.05) is 26.2 Å². The Kier molecular flexibility index (Phi) is 5.01. The smallest absolute Gasteiger partial charge is 0.271 e. The number of hydrogen-bond acceptors (Lipinski definition) is 7. The van der Waals surface area contributed by atoms with Gasteiger partial charge in [-0.1, -0.05) is 0 Å². The third-order valence-electron chi connectivity index (χ3n) is 2.83. The predicted octanol–water partition coefficient (Wildman–Crippen LogP) is -1.18. The molecule has 8 nitrogen and oxygen atoms in total. The lowest BCUT2D eigenvalue weighted by Gasteiger charge is -2.26. The molecule has 2 rings (SSSR count). The lowest BCUT2D eigenvalue weighted by Crippen LogP contribution is -2.41. The van der Waals surface area contributed by atoms with E-state index >= 15 is 0 Å². The second-order valence-corrected chi connectivity index (χ2v) is 4.14. The molecule has 4 N–H and O–H groups in total. The predicted molar refractivity (Wildman–Crippen MR) is 69.4 cm³/mol. The largest absolute Gasteiger partial charge is 0.379 e. The molecule has 1 aromatic heterocycles. The summed E-state index contributed by atoms with van der Waals surface area (Å²) in [5.74, 6) is 5.32. The summed E-state index contributed by atoms with van der Waals surface area (Å²) in [6.45, 7) is 4.69. The van der Waals surface area contributed by atoms with Gasteiger partial charge in [0.1, 0.15) is 5.69 Å². The molecule has 0 atom stereocenters. The van der Waals surface area contributed by atoms with Crippen molar-refractivity contribution in [1.29, 1.82) is 0 Å². The minimum atomic E-state index is -0.252. The summed E-state index contributed by atoms with van der Waals surface area (Å²) < 4.78 is 5.26. The van der Waals surface area contributed by atoms with Gasteiger partial charge in [-0.05, 0) is 0 Å². The number of carbonyl (C=O) groups excluding carboxylic acids is 1. The zero-order valence-corrected chi connectivity index (χ0v) is 10.6. The van der Waals surface area contributed by atoms with Crippen LogP contribution in [0.3, 0.4) is 0 Å². The summed E-state index contributed by atoms with van der Waals surface area (Å²) in [4.78, 5) is 22.0. The van der Waals surface area contributed by atoms with Crippen molar-refractivity contribution in [2.24, 2.45) is 5.84 Å². The number of hydrazine groups is 1. The van der Waals surface area contributed by atoms with Crippen molar-refractivity contribution in [3.8, 4) is 0 Å². The number of amides is 1. The number of nitrogens with one attached hydrogen (secondary N) is 2. The molecule has 1 aliphatic rings. The van der Waals surface area contributed by atoms with Crippen molar-refractivity contribution in [2.75, 3.05) is 44.8 Å². The number of hydrogen-bond donors (Lipinski definition) is 3. The quantitative estimate of drug-likeness (QED) is 0.455. The number of rotatable bonds is 5. The molecular weight excluding hydrogens is 248 g/mol. The molecule has 104 valence electrons. The van der Waals surface area contributed by atoms with E-state index in [1.54, 1.807) is 0 Å². The number of aromatic nitrogens is 2. The number of anilines is 1. The molecule has 0 spiro atoms. The van der Waals surface area contributed by atoms with Crippen molar-refractivity contribution in [2.45, 2.75) is 0 Å². The van der Waals surface area contributed by atoms with Crippen LogP contribution in [0.15, 0.2) is 12.4 Å². The minimum Gasteiger partial charge on any atom is -0.379 e. The normalized spacial score (nSPS) is 16.1. The van der Waals surface area contributed by atoms with Crippen molar-refractivity contribution in [3.63, 3.8) is 0 Å². The Bertz CT molecular complexity index is 421. The summed E-state index contributed by atoms with van der Waals surface area (Å²) in [7, 11) is 0. The number of morpholine rings is 1. The van der Waals surface area contributed by atoms with Crippen molar-refractivity contribution >= 4 is 11.7 Å². The topological polar surface area (TPSA) is 105 Å². The molecule has 1 fully saturated rings. The van der Waals surface area contributed by atoms with Crippen LogP contribution in [-0.4, -0.2) is 60.2 Å². The van der Waals surface area contributed by atoms with E-state index in [1.165, 1.54) is 12.4 Å². The van der Waals surface area contributed by atoms with Crippen LogP contribution in [0.1, 0.15) is 10.5 Å². The maximum absolute atomic E-state index is 11.8. The fourth-order valence-corrected chi connectivity index (χ4v) is 1.79. The Morgan fingerprint density at radius 2 is 2.21 bits per heavy atom. The van der Waals surface area contributed by atoms with Gasteiger partial charge >= 0.3 is 0 Å². The van der Waals surface area contributed by atoms with E-state index in [9.17, 15) is 4.79 Å². The van der Waals surface area contributed by atoms with Gasteiger partial charge < -0.3 is 15.5 Å². The first-order chi connectivity index (χ1) is 9.29. The zero-order chi connectivity index (χ0) is 13.5. The van der Waals surface area contributed by atoms with Gasteiger partial charge in [0.2, 0.25) is 0 Å². The summed E-state index contributed by atoms with van der Waals surface area (Å²) in [5.41, 5.74) is 2.60. The third kappa shape index (κ3) is 4.12. The van der Waals surface area contributed by atoms with E-state index in [4.69, 9.17) is 10.6 Å². The molecule has 0 aromatic carbocycles. The monoisotopic (exact) mass is 266 g/mol. The van der Waals surface area contributed by atoms with Gasteiger partial charge in [-0.3, -0.25) is 14.7 Å². The molecule has 2 heterocycles. The molecule has 1 amide bonds. The van der Waals surface area contributed by atoms with E-state index in [0.717, 1.165) is 32.8 Å². The van der Waals surface area contributed by atoms with Gasteiger partial charge in [0.05, 0.1) is 25.6 Å². The number of ether oxygens (including phenoxy) is 1. The van der Waals surface area contributed by atoms with Crippen LogP contribution >= 0.6 is 0 Å². The minimum absolute atomic E-state index is 0.248. The van der Waals surface area contributed by atoms with Gasteiger partial charge in [-0.2, -0.15) is 0 Å². The van der Waals surface area contributed by atoms with E-state index in [2.05, 4.69) is 25.6 Å². The molecule has 0 unspecified atom stereocenters. The summed E-state index contributed by atoms with van der Waals surface area (Å²) >= 11 is 0. The van der Waals surface area contributed by atoms with E-state index in [0.29, 0.717) is 12.4 Å². The molecule has 1 saturated heterocycles. The third-order valence-corrected chi connectivity index (χ3v) is 2.83. The highest BCUT2D eigenvalue weighted by atomic mass is 16.5. The number of nitrogen functional groups attached to an aromatic ring is 1. The van der Waals surface area contributed by atoms with Crippen molar-refractivity contribution in [1.82, 2.24) is 20.2 Å². The molecule has 0 aliphatic carbocycles. The molecule has 8 heteroatoms. The van der Waals surface area contributed by atoms with Gasteiger partial charge in [0.25, 0.3) is 5.91 Å². The molecule has 0 radical (unpaired) electrons. The Hall–Kier alpha value is -1.77. The van der Waals surface area contributed by atoms with Crippen LogP contribution in [-0.2, 0) is 4.74 Å².